The summed E-state index contributed by atoms with van der Waals surface area (Å²) in [6.07, 6.45) is 2.72. The number of thiophene rings is 1. The van der Waals surface area contributed by atoms with Crippen LogP contribution in [0.25, 0.3) is 10.1 Å². The molecule has 0 amide bonds. The number of piperazine rings is 1. The second kappa shape index (κ2) is 9.28. The van der Waals surface area contributed by atoms with Crippen molar-refractivity contribution in [2.24, 2.45) is 0 Å². The first-order valence-electron chi connectivity index (χ1n) is 11.3. The molecule has 0 aliphatic carbocycles. The van der Waals surface area contributed by atoms with Crippen LogP contribution in [0.3, 0.4) is 0 Å². The highest BCUT2D eigenvalue weighted by molar-refractivity contribution is 7.17. The summed E-state index contributed by atoms with van der Waals surface area (Å²) in [5.41, 5.74) is 3.07. The maximum absolute atomic E-state index is 12.0. The number of fused-ring (bicyclic) bond motifs is 2. The van der Waals surface area contributed by atoms with Gasteiger partial charge in [-0.05, 0) is 61.2 Å². The fourth-order valence-corrected chi connectivity index (χ4v) is 5.34. The number of ketones is 1. The molecule has 3 aromatic rings. The van der Waals surface area contributed by atoms with Crippen LogP contribution in [0.2, 0.25) is 0 Å². The molecule has 1 fully saturated rings. The van der Waals surface area contributed by atoms with Crippen molar-refractivity contribution >= 4 is 38.6 Å². The van der Waals surface area contributed by atoms with Gasteiger partial charge in [0.1, 0.15) is 5.75 Å². The molecule has 2 aliphatic heterocycles. The zero-order chi connectivity index (χ0) is 21.0. The van der Waals surface area contributed by atoms with Gasteiger partial charge in [-0.2, -0.15) is 0 Å². The lowest BCUT2D eigenvalue weighted by Gasteiger charge is -2.36. The van der Waals surface area contributed by atoms with Gasteiger partial charge in [0.15, 0.2) is 5.78 Å². The summed E-state index contributed by atoms with van der Waals surface area (Å²) in [6.45, 7) is 6.94. The zero-order valence-corrected chi connectivity index (χ0v) is 18.6. The number of ether oxygens (including phenoxy) is 1. The number of carbonyl (C=O) groups is 1. The number of nitrogens with zero attached hydrogens (tertiary/aromatic N) is 2. The van der Waals surface area contributed by atoms with Crippen molar-refractivity contribution in [1.82, 2.24) is 4.90 Å². The van der Waals surface area contributed by atoms with Crippen molar-refractivity contribution in [3.8, 4) is 5.75 Å². The second-order valence-electron chi connectivity index (χ2n) is 8.30. The highest BCUT2D eigenvalue weighted by Crippen LogP contribution is 2.31. The van der Waals surface area contributed by atoms with E-state index < -0.39 is 0 Å². The summed E-state index contributed by atoms with van der Waals surface area (Å²) in [5, 5.41) is 6.84. The first kappa shape index (κ1) is 20.3. The van der Waals surface area contributed by atoms with E-state index >= 15 is 0 Å². The zero-order valence-electron chi connectivity index (χ0n) is 17.8. The molecule has 0 bridgehead atoms. The summed E-state index contributed by atoms with van der Waals surface area (Å²) in [6, 6.07) is 14.7. The lowest BCUT2D eigenvalue weighted by Crippen LogP contribution is -2.46. The molecule has 1 saturated heterocycles. The number of carbonyl (C=O) groups excluding carboxylic acids is 1. The summed E-state index contributed by atoms with van der Waals surface area (Å²) >= 11 is 1.82. The average Bonchev–Trinajstić information content (AvgIpc) is 3.29. The number of unbranched alkanes of at least 4 members (excludes halogenated alkanes) is 1. The maximum atomic E-state index is 12.0. The molecular weight excluding hydrogens is 406 g/mol. The van der Waals surface area contributed by atoms with Gasteiger partial charge >= 0.3 is 0 Å². The number of hydrogen-bond acceptors (Lipinski definition) is 6. The molecule has 0 saturated carbocycles. The molecule has 3 heterocycles. The van der Waals surface area contributed by atoms with Crippen molar-refractivity contribution in [3.05, 3.63) is 53.4 Å². The molecule has 0 unspecified atom stereocenters. The number of nitrogens with one attached hydrogen (secondary N) is 1. The average molecular weight is 436 g/mol. The lowest BCUT2D eigenvalue weighted by molar-refractivity contribution is 0.0983. The lowest BCUT2D eigenvalue weighted by atomic mass is 10.0. The Labute approximate surface area is 187 Å². The van der Waals surface area contributed by atoms with E-state index in [-0.39, 0.29) is 5.78 Å². The van der Waals surface area contributed by atoms with E-state index in [1.807, 2.05) is 29.5 Å². The normalized spacial score (nSPS) is 16.9. The van der Waals surface area contributed by atoms with Crippen molar-refractivity contribution in [2.75, 3.05) is 56.1 Å². The van der Waals surface area contributed by atoms with Gasteiger partial charge in [-0.15, -0.1) is 11.3 Å². The fourth-order valence-electron chi connectivity index (χ4n) is 4.54. The van der Waals surface area contributed by atoms with Crippen LogP contribution in [0.5, 0.6) is 5.75 Å². The summed E-state index contributed by atoms with van der Waals surface area (Å²) in [4.78, 5) is 17.1. The van der Waals surface area contributed by atoms with Gasteiger partial charge in [0.25, 0.3) is 0 Å². The van der Waals surface area contributed by atoms with Crippen molar-refractivity contribution in [2.45, 2.75) is 19.3 Å². The van der Waals surface area contributed by atoms with E-state index in [9.17, 15) is 4.79 Å². The first-order chi connectivity index (χ1) is 15.3. The number of anilines is 2. The van der Waals surface area contributed by atoms with Crippen LogP contribution in [-0.2, 0) is 0 Å². The van der Waals surface area contributed by atoms with E-state index in [1.54, 1.807) is 0 Å². The minimum atomic E-state index is 0.202. The summed E-state index contributed by atoms with van der Waals surface area (Å²) in [5.74, 6) is 1.00. The predicted octanol–water partition coefficient (Wildman–Crippen LogP) is 4.88. The highest BCUT2D eigenvalue weighted by Gasteiger charge is 2.19. The molecule has 0 radical (unpaired) electrons. The van der Waals surface area contributed by atoms with Gasteiger partial charge in [0.2, 0.25) is 0 Å². The van der Waals surface area contributed by atoms with Crippen LogP contribution in [-0.4, -0.2) is 56.6 Å². The molecule has 162 valence electrons. The second-order valence-corrected chi connectivity index (χ2v) is 9.25. The number of rotatable bonds is 7. The first-order valence-corrected chi connectivity index (χ1v) is 12.1. The number of hydrogen-bond donors (Lipinski definition) is 1. The Morgan fingerprint density at radius 1 is 1.03 bits per heavy atom. The van der Waals surface area contributed by atoms with E-state index in [4.69, 9.17) is 4.74 Å². The monoisotopic (exact) mass is 435 g/mol. The maximum Gasteiger partial charge on any atom is 0.166 e. The smallest absolute Gasteiger partial charge is 0.166 e. The Bertz CT molecular complexity index is 1060. The molecule has 5 rings (SSSR count). The van der Waals surface area contributed by atoms with Gasteiger partial charge in [-0.25, -0.2) is 0 Å². The van der Waals surface area contributed by atoms with Crippen LogP contribution in [0.1, 0.15) is 29.6 Å². The SMILES string of the molecule is O=C1CCNc2ccc(OCCCCN3CCN(c4cccc5sccc45)CC3)cc21. The number of Topliss-reactive ketones (excluding diaryl/α,β-unsaturated/α-hetero) is 1. The Morgan fingerprint density at radius 3 is 2.84 bits per heavy atom. The summed E-state index contributed by atoms with van der Waals surface area (Å²) < 4.78 is 7.29. The Hall–Kier alpha value is -2.57. The quantitative estimate of drug-likeness (QED) is 0.536. The molecule has 5 nitrogen and oxygen atoms in total. The van der Waals surface area contributed by atoms with Crippen molar-refractivity contribution in [3.63, 3.8) is 0 Å². The van der Waals surface area contributed by atoms with E-state index in [2.05, 4.69) is 44.8 Å². The van der Waals surface area contributed by atoms with Crippen molar-refractivity contribution < 1.29 is 9.53 Å². The molecular formula is C25H29N3O2S. The predicted molar refractivity (Wildman–Crippen MR) is 129 cm³/mol. The standard InChI is InChI=1S/C25H29N3O2S/c29-24-8-10-26-22-7-6-19(18-21(22)24)30-16-2-1-11-27-12-14-28(15-13-27)23-4-3-5-25-20(23)9-17-31-25/h3-7,9,17-18,26H,1-2,8,10-16H2. The molecule has 2 aromatic carbocycles. The largest absolute Gasteiger partial charge is 0.494 e. The van der Waals surface area contributed by atoms with Gasteiger partial charge in [0, 0.05) is 66.2 Å². The Kier molecular flexibility index (Phi) is 6.09. The third-order valence-corrected chi connectivity index (χ3v) is 7.16. The van der Waals surface area contributed by atoms with E-state index in [0.29, 0.717) is 13.0 Å². The molecule has 1 N–H and O–H groups in total. The Morgan fingerprint density at radius 2 is 1.94 bits per heavy atom. The summed E-state index contributed by atoms with van der Waals surface area (Å²) in [7, 11) is 0. The van der Waals surface area contributed by atoms with Crippen LogP contribution in [0.15, 0.2) is 47.8 Å². The fraction of sp³-hybridized carbons (Fsp3) is 0.400. The number of benzene rings is 2. The Balaban J connectivity index is 1.04. The van der Waals surface area contributed by atoms with Crippen LogP contribution < -0.4 is 15.0 Å². The van der Waals surface area contributed by atoms with Crippen LogP contribution in [0.4, 0.5) is 11.4 Å². The van der Waals surface area contributed by atoms with Crippen LogP contribution in [0, 0.1) is 0 Å². The van der Waals surface area contributed by atoms with Crippen LogP contribution >= 0.6 is 11.3 Å². The minimum absolute atomic E-state index is 0.202. The third kappa shape index (κ3) is 4.55. The third-order valence-electron chi connectivity index (χ3n) is 6.28. The van der Waals surface area contributed by atoms with E-state index in [1.165, 1.54) is 15.8 Å². The van der Waals surface area contributed by atoms with Crippen molar-refractivity contribution in [1.29, 1.82) is 0 Å². The molecule has 1 aromatic heterocycles. The molecule has 0 atom stereocenters. The van der Waals surface area contributed by atoms with Gasteiger partial charge in [-0.3, -0.25) is 9.69 Å². The van der Waals surface area contributed by atoms with Gasteiger partial charge in [0.05, 0.1) is 6.61 Å². The molecule has 2 aliphatic rings. The van der Waals surface area contributed by atoms with Gasteiger partial charge < -0.3 is 15.0 Å². The molecule has 0 spiro atoms. The topological polar surface area (TPSA) is 44.8 Å². The molecule has 6 heteroatoms. The van der Waals surface area contributed by atoms with Gasteiger partial charge in [-0.1, -0.05) is 6.07 Å². The molecule has 31 heavy (non-hydrogen) atoms. The van der Waals surface area contributed by atoms with E-state index in [0.717, 1.165) is 69.1 Å². The minimum Gasteiger partial charge on any atom is -0.494 e. The highest BCUT2D eigenvalue weighted by atomic mass is 32.1.